The molecule has 0 aliphatic heterocycles. The molecule has 0 N–H and O–H groups in total. The molecule has 17 heavy (non-hydrogen) atoms. The van der Waals surface area contributed by atoms with Crippen molar-refractivity contribution in [3.05, 3.63) is 12.2 Å². The van der Waals surface area contributed by atoms with Gasteiger partial charge in [-0.3, -0.25) is 0 Å². The normalized spacial score (nSPS) is 13.3. The number of hydrogen-bond donors (Lipinski definition) is 0. The molecule has 0 bridgehead atoms. The second-order valence-electron chi connectivity index (χ2n) is 3.70. The zero-order valence-corrected chi connectivity index (χ0v) is 12.3. The van der Waals surface area contributed by atoms with Crippen molar-refractivity contribution >= 4 is 28.3 Å². The number of thioether (sulfide) groups is 1. The van der Waals surface area contributed by atoms with Gasteiger partial charge in [-0.25, -0.2) is 8.78 Å². The molecule has 0 amide bonds. The Morgan fingerprint density at radius 1 is 1.35 bits per heavy atom. The first-order chi connectivity index (χ1) is 8.02. The minimum atomic E-state index is -2.27. The third kappa shape index (κ3) is 7.71. The van der Waals surface area contributed by atoms with Crippen molar-refractivity contribution < 1.29 is 8.78 Å². The predicted molar refractivity (Wildman–Crippen MR) is 76.9 cm³/mol. The molecular formula is C12H21F2NS2. The van der Waals surface area contributed by atoms with Crippen LogP contribution in [0.3, 0.4) is 0 Å². The molecule has 0 saturated carbocycles. The van der Waals surface area contributed by atoms with Crippen LogP contribution in [0.2, 0.25) is 0 Å². The van der Waals surface area contributed by atoms with Crippen molar-refractivity contribution in [2.45, 2.75) is 33.6 Å². The fourth-order valence-corrected chi connectivity index (χ4v) is 2.56. The molecule has 0 saturated heterocycles. The summed E-state index contributed by atoms with van der Waals surface area (Å²) in [5.41, 5.74) is 0. The van der Waals surface area contributed by atoms with Crippen molar-refractivity contribution in [2.24, 2.45) is 5.92 Å². The average molecular weight is 281 g/mol. The van der Waals surface area contributed by atoms with E-state index in [1.165, 1.54) is 6.92 Å². The highest BCUT2D eigenvalue weighted by Crippen LogP contribution is 2.13. The third-order valence-electron chi connectivity index (χ3n) is 2.37. The van der Waals surface area contributed by atoms with Crippen molar-refractivity contribution in [2.75, 3.05) is 18.8 Å². The Hall–Kier alpha value is -0.160. The van der Waals surface area contributed by atoms with Gasteiger partial charge in [0.15, 0.2) is 0 Å². The van der Waals surface area contributed by atoms with Crippen LogP contribution in [0.4, 0.5) is 8.78 Å². The Bertz CT molecular complexity index is 241. The minimum Gasteiger partial charge on any atom is -0.358 e. The van der Waals surface area contributed by atoms with E-state index in [0.717, 1.165) is 29.6 Å². The Labute approximate surface area is 113 Å². The standard InChI is InChI=1S/C12H21F2NS2/c1-4-15(5-2)12(16)17-9-7-6-8-10(3)11(13)14/h6,8,10-11H,4-5,7,9H2,1-3H3/b8-6+. The van der Waals surface area contributed by atoms with Crippen molar-refractivity contribution in [3.8, 4) is 0 Å². The molecule has 5 heteroatoms. The first-order valence-electron chi connectivity index (χ1n) is 5.89. The SMILES string of the molecule is CCN(CC)C(=S)SCC/C=C/C(C)C(F)F. The molecule has 100 valence electrons. The number of rotatable bonds is 7. The molecule has 0 radical (unpaired) electrons. The van der Waals surface area contributed by atoms with Gasteiger partial charge in [0, 0.05) is 24.8 Å². The molecule has 0 rings (SSSR count). The van der Waals surface area contributed by atoms with Crippen molar-refractivity contribution in [1.29, 1.82) is 0 Å². The quantitative estimate of drug-likeness (QED) is 0.391. The molecule has 1 nitrogen and oxygen atoms in total. The summed E-state index contributed by atoms with van der Waals surface area (Å²) < 4.78 is 25.3. The van der Waals surface area contributed by atoms with Gasteiger partial charge in [-0.1, -0.05) is 43.1 Å². The highest BCUT2D eigenvalue weighted by molar-refractivity contribution is 8.22. The maximum Gasteiger partial charge on any atom is 0.244 e. The molecular weight excluding hydrogens is 260 g/mol. The van der Waals surface area contributed by atoms with Crippen LogP contribution in [0.15, 0.2) is 12.2 Å². The van der Waals surface area contributed by atoms with Crippen LogP contribution >= 0.6 is 24.0 Å². The van der Waals surface area contributed by atoms with Crippen molar-refractivity contribution in [1.82, 2.24) is 4.90 Å². The van der Waals surface area contributed by atoms with E-state index in [4.69, 9.17) is 12.2 Å². The molecule has 0 aromatic rings. The lowest BCUT2D eigenvalue weighted by Crippen LogP contribution is -2.26. The van der Waals surface area contributed by atoms with Gasteiger partial charge in [0.05, 0.1) is 0 Å². The summed E-state index contributed by atoms with van der Waals surface area (Å²) in [7, 11) is 0. The Balaban J connectivity index is 3.74. The van der Waals surface area contributed by atoms with Gasteiger partial charge in [-0.2, -0.15) is 0 Å². The number of allylic oxidation sites excluding steroid dienone is 2. The predicted octanol–water partition coefficient (Wildman–Crippen LogP) is 4.19. The molecule has 0 heterocycles. The highest BCUT2D eigenvalue weighted by Gasteiger charge is 2.09. The number of halogens is 2. The number of nitrogens with zero attached hydrogens (tertiary/aromatic N) is 1. The second kappa shape index (κ2) is 9.83. The monoisotopic (exact) mass is 281 g/mol. The van der Waals surface area contributed by atoms with E-state index in [-0.39, 0.29) is 0 Å². The van der Waals surface area contributed by atoms with Gasteiger partial charge >= 0.3 is 0 Å². The van der Waals surface area contributed by atoms with E-state index in [2.05, 4.69) is 18.7 Å². The summed E-state index contributed by atoms with van der Waals surface area (Å²) in [6.45, 7) is 7.50. The Morgan fingerprint density at radius 2 is 1.94 bits per heavy atom. The van der Waals surface area contributed by atoms with Crippen LogP contribution in [0.5, 0.6) is 0 Å². The smallest absolute Gasteiger partial charge is 0.244 e. The summed E-state index contributed by atoms with van der Waals surface area (Å²) in [5, 5.41) is 0. The van der Waals surface area contributed by atoms with Crippen LogP contribution in [0.1, 0.15) is 27.2 Å². The molecule has 0 aliphatic carbocycles. The molecule has 1 unspecified atom stereocenters. The van der Waals surface area contributed by atoms with Gasteiger partial charge in [0.25, 0.3) is 0 Å². The van der Waals surface area contributed by atoms with E-state index in [1.54, 1.807) is 17.8 Å². The molecule has 0 spiro atoms. The van der Waals surface area contributed by atoms with Gasteiger partial charge in [-0.05, 0) is 20.3 Å². The first-order valence-corrected chi connectivity index (χ1v) is 7.28. The molecule has 1 atom stereocenters. The lowest BCUT2D eigenvalue weighted by atomic mass is 10.2. The van der Waals surface area contributed by atoms with Crippen LogP contribution in [-0.4, -0.2) is 34.5 Å². The first kappa shape index (κ1) is 16.8. The molecule has 0 aliphatic rings. The van der Waals surface area contributed by atoms with Crippen LogP contribution in [-0.2, 0) is 0 Å². The molecule has 0 aromatic carbocycles. The number of hydrogen-bond acceptors (Lipinski definition) is 2. The van der Waals surface area contributed by atoms with Gasteiger partial charge < -0.3 is 4.90 Å². The molecule has 0 aromatic heterocycles. The summed E-state index contributed by atoms with van der Waals surface area (Å²) in [4.78, 5) is 2.12. The lowest BCUT2D eigenvalue weighted by Gasteiger charge is -2.20. The van der Waals surface area contributed by atoms with Gasteiger partial charge in [0.2, 0.25) is 6.43 Å². The summed E-state index contributed by atoms with van der Waals surface area (Å²) in [5.74, 6) is 0.191. The third-order valence-corrected chi connectivity index (χ3v) is 3.93. The van der Waals surface area contributed by atoms with Crippen LogP contribution in [0.25, 0.3) is 0 Å². The summed E-state index contributed by atoms with van der Waals surface area (Å²) in [6, 6.07) is 0. The number of alkyl halides is 2. The highest BCUT2D eigenvalue weighted by atomic mass is 32.2. The van der Waals surface area contributed by atoms with E-state index in [0.29, 0.717) is 0 Å². The van der Waals surface area contributed by atoms with Crippen LogP contribution < -0.4 is 0 Å². The maximum absolute atomic E-state index is 12.2. The van der Waals surface area contributed by atoms with Gasteiger partial charge in [-0.15, -0.1) is 0 Å². The van der Waals surface area contributed by atoms with Crippen molar-refractivity contribution in [3.63, 3.8) is 0 Å². The summed E-state index contributed by atoms with van der Waals surface area (Å²) in [6.07, 6.45) is 1.90. The number of thiocarbonyl (C=S) groups is 1. The maximum atomic E-state index is 12.2. The largest absolute Gasteiger partial charge is 0.358 e. The fourth-order valence-electron chi connectivity index (χ4n) is 1.18. The summed E-state index contributed by atoms with van der Waals surface area (Å²) >= 11 is 6.87. The van der Waals surface area contributed by atoms with E-state index in [1.807, 2.05) is 6.08 Å². The molecule has 0 fully saturated rings. The Morgan fingerprint density at radius 3 is 2.41 bits per heavy atom. The average Bonchev–Trinajstić information content (AvgIpc) is 2.29. The zero-order chi connectivity index (χ0) is 13.3. The second-order valence-corrected chi connectivity index (χ2v) is 5.43. The lowest BCUT2D eigenvalue weighted by molar-refractivity contribution is 0.108. The topological polar surface area (TPSA) is 3.24 Å². The zero-order valence-electron chi connectivity index (χ0n) is 10.7. The van der Waals surface area contributed by atoms with E-state index in [9.17, 15) is 8.78 Å². The Kier molecular flexibility index (Phi) is 9.74. The van der Waals surface area contributed by atoms with Crippen LogP contribution in [0, 0.1) is 5.92 Å². The fraction of sp³-hybridized carbons (Fsp3) is 0.750. The van der Waals surface area contributed by atoms with Gasteiger partial charge in [0.1, 0.15) is 4.32 Å². The van der Waals surface area contributed by atoms with E-state index < -0.39 is 12.3 Å². The van der Waals surface area contributed by atoms with E-state index >= 15 is 0 Å². The minimum absolute atomic E-state index is 0.658.